The van der Waals surface area contributed by atoms with E-state index in [-0.39, 0.29) is 23.6 Å². The third kappa shape index (κ3) is 3.64. The van der Waals surface area contributed by atoms with Gasteiger partial charge in [0.05, 0.1) is 12.2 Å². The van der Waals surface area contributed by atoms with Crippen molar-refractivity contribution in [1.82, 2.24) is 5.32 Å². The van der Waals surface area contributed by atoms with Gasteiger partial charge in [-0.25, -0.2) is 21.6 Å². The number of nitrogens with zero attached hydrogens (tertiary/aromatic N) is 1. The maximum absolute atomic E-state index is 14.2. The van der Waals surface area contributed by atoms with Gasteiger partial charge in [-0.2, -0.15) is 0 Å². The van der Waals surface area contributed by atoms with Gasteiger partial charge in [-0.3, -0.25) is 9.10 Å². The Morgan fingerprint density at radius 1 is 1.18 bits per heavy atom. The van der Waals surface area contributed by atoms with E-state index in [0.717, 1.165) is 4.31 Å². The first-order valence-corrected chi connectivity index (χ1v) is 9.90. The molecule has 1 heterocycles. The van der Waals surface area contributed by atoms with Crippen LogP contribution in [0.2, 0.25) is 0 Å². The van der Waals surface area contributed by atoms with Crippen molar-refractivity contribution in [3.8, 4) is 5.75 Å². The number of carbonyl (C=O) groups is 1. The lowest BCUT2D eigenvalue weighted by Crippen LogP contribution is -2.50. The van der Waals surface area contributed by atoms with E-state index >= 15 is 0 Å². The standard InChI is InChI=1S/C18H17F3N2O4S/c1-2-7-22-18(24)16-10-23(14-5-3-4-6-15(14)27-16)28(25,26)17-9-12(20)11(19)8-13(17)21/h3-6,8-9,16H,2,7,10H2,1H3,(H,22,24). The van der Waals surface area contributed by atoms with E-state index in [0.29, 0.717) is 13.0 Å². The zero-order valence-corrected chi connectivity index (χ0v) is 15.6. The van der Waals surface area contributed by atoms with Crippen LogP contribution in [0.1, 0.15) is 13.3 Å². The summed E-state index contributed by atoms with van der Waals surface area (Å²) in [5.41, 5.74) is 0.0613. The second kappa shape index (κ2) is 7.70. The molecule has 1 aliphatic rings. The van der Waals surface area contributed by atoms with Crippen molar-refractivity contribution in [2.75, 3.05) is 17.4 Å². The van der Waals surface area contributed by atoms with Gasteiger partial charge < -0.3 is 10.1 Å². The number of carbonyl (C=O) groups excluding carboxylic acids is 1. The number of para-hydroxylation sites is 2. The van der Waals surface area contributed by atoms with Crippen LogP contribution in [0.25, 0.3) is 0 Å². The molecular weight excluding hydrogens is 397 g/mol. The predicted octanol–water partition coefficient (Wildman–Crippen LogP) is 2.59. The average molecular weight is 414 g/mol. The molecule has 0 bridgehead atoms. The number of fused-ring (bicyclic) bond motifs is 1. The molecule has 2 aromatic carbocycles. The molecule has 1 aliphatic heterocycles. The fourth-order valence-corrected chi connectivity index (χ4v) is 4.29. The zero-order chi connectivity index (χ0) is 20.5. The molecule has 0 aliphatic carbocycles. The Labute approximate surface area is 160 Å². The molecule has 1 amide bonds. The summed E-state index contributed by atoms with van der Waals surface area (Å²) in [6.07, 6.45) is -0.526. The van der Waals surface area contributed by atoms with Gasteiger partial charge >= 0.3 is 0 Å². The number of hydrogen-bond donors (Lipinski definition) is 1. The van der Waals surface area contributed by atoms with Gasteiger partial charge in [0, 0.05) is 18.7 Å². The summed E-state index contributed by atoms with van der Waals surface area (Å²) in [7, 11) is -4.64. The lowest BCUT2D eigenvalue weighted by molar-refractivity contribution is -0.127. The van der Waals surface area contributed by atoms with Crippen LogP contribution in [0.5, 0.6) is 5.75 Å². The van der Waals surface area contributed by atoms with Crippen LogP contribution in [0.3, 0.4) is 0 Å². The third-order valence-corrected chi connectivity index (χ3v) is 5.91. The number of ether oxygens (including phenoxy) is 1. The topological polar surface area (TPSA) is 75.7 Å². The molecule has 0 radical (unpaired) electrons. The molecule has 0 saturated heterocycles. The van der Waals surface area contributed by atoms with Gasteiger partial charge in [-0.05, 0) is 18.6 Å². The quantitative estimate of drug-likeness (QED) is 0.764. The third-order valence-electron chi connectivity index (χ3n) is 4.12. The minimum atomic E-state index is -4.64. The van der Waals surface area contributed by atoms with Crippen LogP contribution in [-0.2, 0) is 14.8 Å². The normalized spacial score (nSPS) is 16.3. The van der Waals surface area contributed by atoms with Crippen molar-refractivity contribution in [2.24, 2.45) is 0 Å². The van der Waals surface area contributed by atoms with E-state index in [1.54, 1.807) is 6.07 Å². The fraction of sp³-hybridized carbons (Fsp3) is 0.278. The summed E-state index contributed by atoms with van der Waals surface area (Å²) in [6.45, 7) is 1.76. The molecule has 10 heteroatoms. The van der Waals surface area contributed by atoms with Gasteiger partial charge in [-0.1, -0.05) is 19.1 Å². The van der Waals surface area contributed by atoms with Crippen molar-refractivity contribution in [3.63, 3.8) is 0 Å². The zero-order valence-electron chi connectivity index (χ0n) is 14.8. The number of anilines is 1. The highest BCUT2D eigenvalue weighted by atomic mass is 32.2. The van der Waals surface area contributed by atoms with Crippen LogP contribution < -0.4 is 14.4 Å². The van der Waals surface area contributed by atoms with Crippen molar-refractivity contribution in [3.05, 3.63) is 53.8 Å². The maximum atomic E-state index is 14.2. The van der Waals surface area contributed by atoms with Gasteiger partial charge in [0.15, 0.2) is 17.7 Å². The van der Waals surface area contributed by atoms with Crippen molar-refractivity contribution < 1.29 is 31.1 Å². The molecule has 1 unspecified atom stereocenters. The maximum Gasteiger partial charge on any atom is 0.267 e. The van der Waals surface area contributed by atoms with Crippen molar-refractivity contribution in [1.29, 1.82) is 0 Å². The minimum absolute atomic E-state index is 0.0613. The highest BCUT2D eigenvalue weighted by molar-refractivity contribution is 7.92. The van der Waals surface area contributed by atoms with Crippen LogP contribution in [-0.4, -0.2) is 33.5 Å². The molecule has 0 fully saturated rings. The van der Waals surface area contributed by atoms with Gasteiger partial charge in [0.1, 0.15) is 16.5 Å². The number of nitrogens with one attached hydrogen (secondary N) is 1. The molecule has 1 N–H and O–H groups in total. The van der Waals surface area contributed by atoms with Crippen LogP contribution in [0.4, 0.5) is 18.9 Å². The Balaban J connectivity index is 2.06. The first kappa shape index (κ1) is 20.0. The van der Waals surface area contributed by atoms with E-state index in [2.05, 4.69) is 5.32 Å². The summed E-state index contributed by atoms with van der Waals surface area (Å²) in [5.74, 6) is -4.89. The molecule has 2 aromatic rings. The van der Waals surface area contributed by atoms with Gasteiger partial charge in [0.2, 0.25) is 0 Å². The van der Waals surface area contributed by atoms with Gasteiger partial charge in [-0.15, -0.1) is 0 Å². The fourth-order valence-electron chi connectivity index (χ4n) is 2.75. The molecule has 1 atom stereocenters. The van der Waals surface area contributed by atoms with E-state index in [1.807, 2.05) is 6.92 Å². The summed E-state index contributed by atoms with van der Waals surface area (Å²) >= 11 is 0. The molecule has 3 rings (SSSR count). The molecule has 6 nitrogen and oxygen atoms in total. The van der Waals surface area contributed by atoms with Crippen LogP contribution in [0, 0.1) is 17.5 Å². The second-order valence-electron chi connectivity index (χ2n) is 6.10. The summed E-state index contributed by atoms with van der Waals surface area (Å²) < 4.78 is 73.4. The average Bonchev–Trinajstić information content (AvgIpc) is 2.67. The van der Waals surface area contributed by atoms with E-state index in [4.69, 9.17) is 4.74 Å². The number of sulfonamides is 1. The summed E-state index contributed by atoms with van der Waals surface area (Å²) in [5, 5.41) is 2.60. The predicted molar refractivity (Wildman–Crippen MR) is 95.0 cm³/mol. The SMILES string of the molecule is CCCNC(=O)C1CN(S(=O)(=O)c2cc(F)c(F)cc2F)c2ccccc2O1. The van der Waals surface area contributed by atoms with Crippen molar-refractivity contribution >= 4 is 21.6 Å². The second-order valence-corrected chi connectivity index (χ2v) is 7.93. The smallest absolute Gasteiger partial charge is 0.267 e. The Morgan fingerprint density at radius 3 is 2.57 bits per heavy atom. The van der Waals surface area contributed by atoms with Crippen LogP contribution in [0.15, 0.2) is 41.3 Å². The minimum Gasteiger partial charge on any atom is -0.476 e. The monoisotopic (exact) mass is 414 g/mol. The Bertz CT molecular complexity index is 1010. The highest BCUT2D eigenvalue weighted by Crippen LogP contribution is 2.37. The highest BCUT2D eigenvalue weighted by Gasteiger charge is 2.38. The molecule has 0 aromatic heterocycles. The largest absolute Gasteiger partial charge is 0.476 e. The van der Waals surface area contributed by atoms with Gasteiger partial charge in [0.25, 0.3) is 15.9 Å². The van der Waals surface area contributed by atoms with Crippen molar-refractivity contribution in [2.45, 2.75) is 24.3 Å². The number of amides is 1. The van der Waals surface area contributed by atoms with Crippen LogP contribution >= 0.6 is 0 Å². The summed E-state index contributed by atoms with van der Waals surface area (Å²) in [6, 6.07) is 6.42. The molecular formula is C18H17F3N2O4S. The summed E-state index contributed by atoms with van der Waals surface area (Å²) in [4.78, 5) is 11.3. The number of benzene rings is 2. The Hall–Kier alpha value is -2.75. The van der Waals surface area contributed by atoms with E-state index < -0.39 is 50.9 Å². The molecule has 150 valence electrons. The molecule has 0 spiro atoms. The molecule has 0 saturated carbocycles. The number of hydrogen-bond acceptors (Lipinski definition) is 4. The first-order chi connectivity index (χ1) is 13.3. The molecule has 28 heavy (non-hydrogen) atoms. The van der Waals surface area contributed by atoms with E-state index in [9.17, 15) is 26.4 Å². The lowest BCUT2D eigenvalue weighted by atomic mass is 10.2. The number of halogens is 3. The number of rotatable bonds is 5. The van der Waals surface area contributed by atoms with E-state index in [1.165, 1.54) is 18.2 Å². The Morgan fingerprint density at radius 2 is 1.86 bits per heavy atom. The lowest BCUT2D eigenvalue weighted by Gasteiger charge is -2.34. The Kier molecular flexibility index (Phi) is 5.50. The first-order valence-electron chi connectivity index (χ1n) is 8.46.